The third-order valence-electron chi connectivity index (χ3n) is 11.5. The topological polar surface area (TPSA) is 155 Å². The summed E-state index contributed by atoms with van der Waals surface area (Å²) in [6.45, 7) is 4.32. The molecule has 0 bridgehead atoms. The maximum absolute atomic E-state index is 12.9. The molecule has 0 aliphatic rings. The van der Waals surface area contributed by atoms with Gasteiger partial charge in [0.1, 0.15) is 12.7 Å². The van der Waals surface area contributed by atoms with Crippen molar-refractivity contribution < 1.29 is 52.2 Å². The van der Waals surface area contributed by atoms with Crippen LogP contribution in [0.2, 0.25) is 0 Å². The highest BCUT2D eigenvalue weighted by molar-refractivity contribution is 7.47. The van der Waals surface area contributed by atoms with Crippen LogP contribution in [0.1, 0.15) is 226 Å². The number of carbonyl (C=O) groups is 3. The van der Waals surface area contributed by atoms with Gasteiger partial charge in [-0.05, 0) is 96.3 Å². The fourth-order valence-corrected chi connectivity index (χ4v) is 8.01. The molecule has 0 saturated heterocycles. The lowest BCUT2D eigenvalue weighted by Crippen LogP contribution is -2.30. The molecule has 72 heavy (non-hydrogen) atoms. The summed E-state index contributed by atoms with van der Waals surface area (Å²) in [4.78, 5) is 48.4. The van der Waals surface area contributed by atoms with E-state index in [9.17, 15) is 28.9 Å². The summed E-state index contributed by atoms with van der Waals surface area (Å²) in [5.41, 5.74) is 0. The Morgan fingerprint density at radius 3 is 1.25 bits per heavy atom. The van der Waals surface area contributed by atoms with Crippen molar-refractivity contribution >= 4 is 25.7 Å². The number of phosphoric ester groups is 1. The number of hydrogen-bond acceptors (Lipinski definition) is 10. The standard InChI is InChI=1S/C60H101O11P/c1-4-7-10-13-16-19-22-25-27-28-30-33-36-39-42-45-48-51-60(64)71-57(53-67-58(62)49-46-43-40-37-34-32-29-26-23-20-17-14-11-8-5-2)55-69-72(65,66)68-54-56(52-61)70-59(63)50-47-44-41-38-35-31-24-21-18-15-12-9-6-3/h8,11-12,15,17,20-21,24-27,29,34,37,43,46,56-57,61H,4-7,9-10,13-14,16,18-19,22-23,28,30-33,35-36,38-42,44-45,47-55H2,1-3H3,(H,65,66)/b11-8-,15-12-,20-17-,24-21-,27-25-,29-26-,37-34-,46-43-. The summed E-state index contributed by atoms with van der Waals surface area (Å²) in [5.74, 6) is -1.64. The fraction of sp³-hybridized carbons (Fsp3) is 0.683. The van der Waals surface area contributed by atoms with E-state index in [1.165, 1.54) is 57.8 Å². The fourth-order valence-electron chi connectivity index (χ4n) is 7.23. The number of allylic oxidation sites excluding steroid dienone is 15. The Morgan fingerprint density at radius 1 is 0.417 bits per heavy atom. The Bertz CT molecular complexity index is 1580. The molecule has 2 N–H and O–H groups in total. The second-order valence-electron chi connectivity index (χ2n) is 18.4. The SMILES string of the molecule is CC/C=C\C/C=C\C/C=C\C/C=C\C/C=C\CC(=O)OCC(COP(=O)(O)OCC(CO)OC(=O)CCCCCCC/C=C\C/C=C\CCC)OC(=O)CCCCCCCCC/C=C\CCCCCCCC. The first kappa shape index (κ1) is 68.4. The lowest BCUT2D eigenvalue weighted by atomic mass is 10.1. The molecule has 0 heterocycles. The van der Waals surface area contributed by atoms with Gasteiger partial charge in [-0.25, -0.2) is 4.57 Å². The highest BCUT2D eigenvalue weighted by atomic mass is 31.2. The van der Waals surface area contributed by atoms with E-state index < -0.39 is 64.4 Å². The number of aliphatic hydroxyl groups is 1. The monoisotopic (exact) mass is 1030 g/mol. The molecule has 412 valence electrons. The van der Waals surface area contributed by atoms with E-state index in [1.807, 2.05) is 12.2 Å². The van der Waals surface area contributed by atoms with Gasteiger partial charge in [0.2, 0.25) is 0 Å². The van der Waals surface area contributed by atoms with Crippen molar-refractivity contribution in [2.24, 2.45) is 0 Å². The Labute approximate surface area is 438 Å². The first-order valence-corrected chi connectivity index (χ1v) is 29.6. The van der Waals surface area contributed by atoms with Crippen LogP contribution in [0.5, 0.6) is 0 Å². The molecule has 0 spiro atoms. The zero-order chi connectivity index (χ0) is 52.7. The smallest absolute Gasteiger partial charge is 0.461 e. The predicted octanol–water partition coefficient (Wildman–Crippen LogP) is 16.5. The molecule has 0 fully saturated rings. The summed E-state index contributed by atoms with van der Waals surface area (Å²) in [5, 5.41) is 9.79. The lowest BCUT2D eigenvalue weighted by Gasteiger charge is -2.21. The van der Waals surface area contributed by atoms with Crippen LogP contribution in [-0.2, 0) is 42.2 Å². The largest absolute Gasteiger partial charge is 0.472 e. The number of aliphatic hydroxyl groups excluding tert-OH is 1. The van der Waals surface area contributed by atoms with Crippen LogP contribution in [0.25, 0.3) is 0 Å². The lowest BCUT2D eigenvalue weighted by molar-refractivity contribution is -0.161. The van der Waals surface area contributed by atoms with E-state index in [0.717, 1.165) is 109 Å². The molecule has 0 aromatic carbocycles. The van der Waals surface area contributed by atoms with E-state index in [-0.39, 0.29) is 19.3 Å². The van der Waals surface area contributed by atoms with Crippen molar-refractivity contribution in [1.82, 2.24) is 0 Å². The van der Waals surface area contributed by atoms with Gasteiger partial charge in [0.15, 0.2) is 6.10 Å². The average molecular weight is 1030 g/mol. The van der Waals surface area contributed by atoms with E-state index in [1.54, 1.807) is 6.08 Å². The Morgan fingerprint density at radius 2 is 0.792 bits per heavy atom. The van der Waals surface area contributed by atoms with Crippen molar-refractivity contribution in [2.45, 2.75) is 238 Å². The third kappa shape index (κ3) is 51.3. The van der Waals surface area contributed by atoms with Crippen LogP contribution in [0.4, 0.5) is 0 Å². The molecule has 11 nitrogen and oxygen atoms in total. The van der Waals surface area contributed by atoms with Crippen molar-refractivity contribution in [2.75, 3.05) is 26.4 Å². The number of phosphoric acid groups is 1. The van der Waals surface area contributed by atoms with Crippen LogP contribution in [0, 0.1) is 0 Å². The molecule has 0 aromatic rings. The average Bonchev–Trinajstić information content (AvgIpc) is 3.37. The van der Waals surface area contributed by atoms with Gasteiger partial charge in [-0.15, -0.1) is 0 Å². The molecule has 3 atom stereocenters. The third-order valence-corrected chi connectivity index (χ3v) is 12.4. The van der Waals surface area contributed by atoms with Gasteiger partial charge in [0, 0.05) is 12.8 Å². The predicted molar refractivity (Wildman–Crippen MR) is 297 cm³/mol. The second kappa shape index (κ2) is 53.7. The maximum atomic E-state index is 12.9. The van der Waals surface area contributed by atoms with Gasteiger partial charge in [0.25, 0.3) is 0 Å². The minimum absolute atomic E-state index is 0.0106. The highest BCUT2D eigenvalue weighted by Crippen LogP contribution is 2.43. The van der Waals surface area contributed by atoms with Gasteiger partial charge in [-0.1, -0.05) is 208 Å². The van der Waals surface area contributed by atoms with Crippen molar-refractivity contribution in [3.63, 3.8) is 0 Å². The molecule has 0 aromatic heterocycles. The van der Waals surface area contributed by atoms with Crippen LogP contribution < -0.4 is 0 Å². The van der Waals surface area contributed by atoms with Gasteiger partial charge >= 0.3 is 25.7 Å². The molecule has 0 aliphatic heterocycles. The number of carbonyl (C=O) groups excluding carboxylic acids is 3. The molecule has 0 rings (SSSR count). The summed E-state index contributed by atoms with van der Waals surface area (Å²) in [6.07, 6.45) is 62.5. The van der Waals surface area contributed by atoms with Crippen LogP contribution in [0.15, 0.2) is 97.2 Å². The normalized spacial score (nSPS) is 14.1. The molecule has 3 unspecified atom stereocenters. The summed E-state index contributed by atoms with van der Waals surface area (Å²) in [6, 6.07) is 0. The van der Waals surface area contributed by atoms with Crippen LogP contribution in [0.3, 0.4) is 0 Å². The van der Waals surface area contributed by atoms with Gasteiger partial charge in [-0.2, -0.15) is 0 Å². The molecule has 0 saturated carbocycles. The quantitative estimate of drug-likeness (QED) is 0.0197. The van der Waals surface area contributed by atoms with Crippen LogP contribution in [-0.4, -0.2) is 66.5 Å². The summed E-state index contributed by atoms with van der Waals surface area (Å²) < 4.78 is 39.3. The highest BCUT2D eigenvalue weighted by Gasteiger charge is 2.28. The van der Waals surface area contributed by atoms with E-state index in [4.69, 9.17) is 23.3 Å². The van der Waals surface area contributed by atoms with Crippen molar-refractivity contribution in [3.8, 4) is 0 Å². The van der Waals surface area contributed by atoms with Gasteiger partial charge < -0.3 is 24.2 Å². The molecule has 0 radical (unpaired) electrons. The minimum Gasteiger partial charge on any atom is -0.461 e. The van der Waals surface area contributed by atoms with E-state index in [0.29, 0.717) is 19.3 Å². The number of ether oxygens (including phenoxy) is 3. The first-order valence-electron chi connectivity index (χ1n) is 28.1. The molecule has 12 heteroatoms. The molecule has 0 aliphatic carbocycles. The first-order chi connectivity index (χ1) is 35.2. The molecular weight excluding hydrogens is 928 g/mol. The number of esters is 3. The van der Waals surface area contributed by atoms with Crippen molar-refractivity contribution in [3.05, 3.63) is 97.2 Å². The Kier molecular flexibility index (Phi) is 51.0. The number of unbranched alkanes of at least 4 members (excludes halogenated alkanes) is 19. The van der Waals surface area contributed by atoms with E-state index >= 15 is 0 Å². The number of rotatable bonds is 51. The summed E-state index contributed by atoms with van der Waals surface area (Å²) in [7, 11) is -4.77. The second-order valence-corrected chi connectivity index (χ2v) is 19.8. The zero-order valence-electron chi connectivity index (χ0n) is 45.4. The molecule has 0 amide bonds. The number of hydrogen-bond donors (Lipinski definition) is 2. The minimum atomic E-state index is -4.77. The summed E-state index contributed by atoms with van der Waals surface area (Å²) >= 11 is 0. The van der Waals surface area contributed by atoms with Gasteiger partial charge in [0.05, 0.1) is 26.2 Å². The van der Waals surface area contributed by atoms with Crippen molar-refractivity contribution in [1.29, 1.82) is 0 Å². The zero-order valence-corrected chi connectivity index (χ0v) is 46.3. The Balaban J connectivity index is 4.86. The Hall–Kier alpha value is -3.60. The van der Waals surface area contributed by atoms with Gasteiger partial charge in [-0.3, -0.25) is 23.4 Å². The molecular formula is C60H101O11P. The van der Waals surface area contributed by atoms with E-state index in [2.05, 4.69) is 99.8 Å². The maximum Gasteiger partial charge on any atom is 0.472 e. The van der Waals surface area contributed by atoms with Crippen LogP contribution >= 0.6 is 7.82 Å².